The second-order valence-electron chi connectivity index (χ2n) is 0.415. The quantitative estimate of drug-likeness (QED) is 0.392. The summed E-state index contributed by atoms with van der Waals surface area (Å²) in [5.41, 5.74) is 0. The van der Waals surface area contributed by atoms with Crippen molar-refractivity contribution < 1.29 is 29.4 Å². The van der Waals surface area contributed by atoms with Crippen LogP contribution in [0.1, 0.15) is 0 Å². The third kappa shape index (κ3) is 79.4. The van der Waals surface area contributed by atoms with Crippen LogP contribution in [0.25, 0.3) is 0 Å². The van der Waals surface area contributed by atoms with Gasteiger partial charge in [-0.3, -0.25) is 0 Å². The van der Waals surface area contributed by atoms with Crippen molar-refractivity contribution in [2.45, 2.75) is 0 Å². The molecule has 0 fully saturated rings. The summed E-state index contributed by atoms with van der Waals surface area (Å²) in [6.45, 7) is 0. The van der Waals surface area contributed by atoms with Crippen molar-refractivity contribution in [2.75, 3.05) is 0 Å². The topological polar surface area (TPSA) is 74.6 Å². The predicted octanol–water partition coefficient (Wildman–Crippen LogP) is -3.45. The maximum atomic E-state index is 8.80. The Balaban J connectivity index is -0.0000000800. The molecule has 43 valence electrons. The van der Waals surface area contributed by atoms with Crippen LogP contribution in [0.2, 0.25) is 0 Å². The van der Waals surface area contributed by atoms with E-state index in [4.69, 9.17) is 16.0 Å². The molecule has 2 N–H and O–H groups in total. The Morgan fingerprint density at radius 3 is 1.14 bits per heavy atom. The molecular weight excluding hydrogens is 186 g/mol. The molecule has 0 spiro atoms. The molecule has 0 aliphatic rings. The summed E-state index contributed by atoms with van der Waals surface area (Å²) in [4.78, 5) is 0. The summed E-state index contributed by atoms with van der Waals surface area (Å²) >= 11 is -5.12. The van der Waals surface area contributed by atoms with Gasteiger partial charge in [0.15, 0.2) is 17.4 Å². The molecule has 7 heteroatoms. The van der Waals surface area contributed by atoms with E-state index in [-0.39, 0.29) is 55.1 Å². The predicted molar refractivity (Wildman–Crippen MR) is 24.3 cm³/mol. The van der Waals surface area contributed by atoms with Crippen molar-refractivity contribution >= 4 is 55.1 Å². The van der Waals surface area contributed by atoms with Crippen molar-refractivity contribution in [1.82, 2.24) is 0 Å². The molecule has 4 nitrogen and oxygen atoms in total. The van der Waals surface area contributed by atoms with Crippen LogP contribution in [-0.2, 0) is 21.0 Å². The molecule has 0 aromatic carbocycles. The Hall–Kier alpha value is 1.83. The molecule has 0 radical (unpaired) electrons. The summed E-state index contributed by atoms with van der Waals surface area (Å²) in [7, 11) is 0. The summed E-state index contributed by atoms with van der Waals surface area (Å²) in [5.74, 6) is 0. The van der Waals surface area contributed by atoms with E-state index in [9.17, 15) is 0 Å². The van der Waals surface area contributed by atoms with Gasteiger partial charge in [0.1, 0.15) is 0 Å². The molecule has 0 aromatic rings. The van der Waals surface area contributed by atoms with Gasteiger partial charge in [0.2, 0.25) is 0 Å². The maximum absolute atomic E-state index is 8.80. The minimum absolute atomic E-state index is 0. The fraction of sp³-hybridized carbons (Fsp3) is 0. The van der Waals surface area contributed by atoms with Crippen LogP contribution in [0.5, 0.6) is 0 Å². The molecule has 0 bridgehead atoms. The van der Waals surface area contributed by atoms with E-state index in [0.717, 1.165) is 0 Å². The zero-order valence-electron chi connectivity index (χ0n) is 2.09. The summed E-state index contributed by atoms with van der Waals surface area (Å²) in [5, 5.41) is 0. The molecule has 0 amide bonds. The van der Waals surface area contributed by atoms with Crippen LogP contribution in [0.15, 0.2) is 0 Å². The van der Waals surface area contributed by atoms with Gasteiger partial charge in [0, 0.05) is 0 Å². The molecule has 7 heavy (non-hydrogen) atoms. The molecule has 0 saturated carbocycles. The van der Waals surface area contributed by atoms with Crippen molar-refractivity contribution in [3.63, 3.8) is 0 Å². The second kappa shape index (κ2) is 5.96. The molecule has 0 saturated heterocycles. The van der Waals surface area contributed by atoms with E-state index in [1.807, 2.05) is 0 Å². The van der Waals surface area contributed by atoms with E-state index < -0.39 is 13.4 Å². The Bertz CT molecular complexity index is 94.9. The van der Waals surface area contributed by atoms with Crippen LogP contribution in [-0.4, -0.2) is 63.5 Å². The van der Waals surface area contributed by atoms with Gasteiger partial charge in [-0.05, 0) is 0 Å². The third-order valence-electron chi connectivity index (χ3n) is 0. The van der Waals surface area contributed by atoms with Gasteiger partial charge in [0.25, 0.3) is 0 Å². The Kier molecular flexibility index (Phi) is 13.6. The van der Waals surface area contributed by atoms with Crippen molar-refractivity contribution in [1.29, 1.82) is 0 Å². The van der Waals surface area contributed by atoms with Gasteiger partial charge in [-0.1, -0.05) is 0 Å². The molecule has 0 aliphatic heterocycles. The van der Waals surface area contributed by atoms with Gasteiger partial charge in [-0.2, -0.15) is 0 Å². The number of hydrogen-bond donors (Lipinski definition) is 2. The molecule has 0 atom stereocenters. The van der Waals surface area contributed by atoms with Gasteiger partial charge >= 0.3 is 67.2 Å². The van der Waals surface area contributed by atoms with Gasteiger partial charge in [0.05, 0.1) is 0 Å². The standard InChI is InChI=1S/Al.Ca.Mn.2H2O.2O.5H/h;;;2*1H2;;;;;;;/q;;+2;;;;;;;;;/p-2. The summed E-state index contributed by atoms with van der Waals surface area (Å²) in [6.07, 6.45) is 0. The van der Waals surface area contributed by atoms with Crippen molar-refractivity contribution in [3.05, 3.63) is 0 Å². The van der Waals surface area contributed by atoms with Gasteiger partial charge in [-0.25, -0.2) is 0 Å². The molecule has 0 heterocycles. The van der Waals surface area contributed by atoms with Gasteiger partial charge < -0.3 is 0 Å². The summed E-state index contributed by atoms with van der Waals surface area (Å²) in [6, 6.07) is 0. The van der Waals surface area contributed by atoms with E-state index in [0.29, 0.717) is 0 Å². The molecular formula is H7AlCaMnO4. The first-order chi connectivity index (χ1) is 2.00. The van der Waals surface area contributed by atoms with E-state index in [1.54, 1.807) is 0 Å². The van der Waals surface area contributed by atoms with Crippen LogP contribution in [0, 0.1) is 0 Å². The average Bonchev–Trinajstić information content (AvgIpc) is 0.722. The van der Waals surface area contributed by atoms with E-state index in [1.165, 1.54) is 0 Å². The first kappa shape index (κ1) is 15.9. The molecule has 0 unspecified atom stereocenters. The zero-order valence-corrected chi connectivity index (χ0v) is 3.27. The van der Waals surface area contributed by atoms with Crippen molar-refractivity contribution in [2.24, 2.45) is 0 Å². The molecule has 0 aliphatic carbocycles. The third-order valence-corrected chi connectivity index (χ3v) is 0. The fourth-order valence-electron chi connectivity index (χ4n) is 0. The normalized spacial score (nSPS) is 8.29. The Morgan fingerprint density at radius 1 is 1.14 bits per heavy atom. The fourth-order valence-corrected chi connectivity index (χ4v) is 0. The van der Waals surface area contributed by atoms with E-state index in [2.05, 4.69) is 0 Å². The van der Waals surface area contributed by atoms with Crippen LogP contribution in [0.3, 0.4) is 0 Å². The Labute approximate surface area is 83.3 Å². The second-order valence-corrected chi connectivity index (χ2v) is 1.71. The SMILES string of the molecule is [AlH3].[CaH2].[O]=[Mn](=[O])([OH])[OH]. The first-order valence-electron chi connectivity index (χ1n) is 0.647. The average molecular weight is 193 g/mol. The van der Waals surface area contributed by atoms with Crippen LogP contribution >= 0.6 is 0 Å². The van der Waals surface area contributed by atoms with Crippen LogP contribution in [0.4, 0.5) is 0 Å². The van der Waals surface area contributed by atoms with Crippen molar-refractivity contribution in [3.8, 4) is 0 Å². The molecule has 0 aromatic heterocycles. The van der Waals surface area contributed by atoms with Crippen LogP contribution < -0.4 is 0 Å². The van der Waals surface area contributed by atoms with Gasteiger partial charge in [-0.15, -0.1) is 0 Å². The monoisotopic (exact) mass is 193 g/mol. The first-order valence-corrected chi connectivity index (χ1v) is 2.67. The number of hydrogen-bond acceptors (Lipinski definition) is 2. The van der Waals surface area contributed by atoms with E-state index >= 15 is 0 Å². The molecule has 0 rings (SSSR count). The zero-order chi connectivity index (χ0) is 4.50. The Morgan fingerprint density at radius 2 is 1.14 bits per heavy atom. The minimum atomic E-state index is -5.12. The number of rotatable bonds is 0. The summed E-state index contributed by atoms with van der Waals surface area (Å²) < 4.78 is 31.8.